The molecule has 2 rings (SSSR count). The predicted octanol–water partition coefficient (Wildman–Crippen LogP) is 3.68. The third kappa shape index (κ3) is 3.65. The molecule has 1 fully saturated rings. The summed E-state index contributed by atoms with van der Waals surface area (Å²) in [5.41, 5.74) is 0.0320. The van der Waals surface area contributed by atoms with Crippen LogP contribution < -0.4 is 4.74 Å². The van der Waals surface area contributed by atoms with Gasteiger partial charge >= 0.3 is 0 Å². The van der Waals surface area contributed by atoms with Gasteiger partial charge in [0.25, 0.3) is 0 Å². The number of carbonyl (C=O) groups excluding carboxylic acids is 1. The molecule has 1 aromatic rings. The highest BCUT2D eigenvalue weighted by atomic mass is 16.5. The fourth-order valence-electron chi connectivity index (χ4n) is 2.99. The smallest absolute Gasteiger partial charge is 0.149 e. The number of Topliss-reactive ketones (excluding diaryl/α,β-unsaturated/α-hetero) is 1. The first-order valence-electron chi connectivity index (χ1n) is 7.99. The molecule has 0 aromatic heterocycles. The Hall–Kier alpha value is -1.35. The average molecular weight is 289 g/mol. The van der Waals surface area contributed by atoms with E-state index in [1.165, 1.54) is 0 Å². The van der Waals surface area contributed by atoms with Gasteiger partial charge in [0.15, 0.2) is 0 Å². The van der Waals surface area contributed by atoms with Gasteiger partial charge in [-0.3, -0.25) is 9.69 Å². The molecule has 116 valence electrons. The number of nitrogens with zero attached hydrogens (tertiary/aromatic N) is 1. The van der Waals surface area contributed by atoms with Gasteiger partial charge in [0.1, 0.15) is 17.6 Å². The lowest BCUT2D eigenvalue weighted by Gasteiger charge is -2.38. The normalized spacial score (nSPS) is 23.2. The van der Waals surface area contributed by atoms with Crippen LogP contribution in [0, 0.1) is 0 Å². The van der Waals surface area contributed by atoms with E-state index in [1.807, 2.05) is 37.3 Å². The van der Waals surface area contributed by atoms with E-state index in [-0.39, 0.29) is 17.7 Å². The minimum atomic E-state index is -0.00124. The lowest BCUT2D eigenvalue weighted by Crippen LogP contribution is -2.49. The van der Waals surface area contributed by atoms with Crippen LogP contribution in [0.15, 0.2) is 30.3 Å². The number of rotatable bonds is 6. The first kappa shape index (κ1) is 16.0. The summed E-state index contributed by atoms with van der Waals surface area (Å²) < 4.78 is 6.08. The molecule has 0 N–H and O–H groups in total. The lowest BCUT2D eigenvalue weighted by atomic mass is 9.96. The molecule has 21 heavy (non-hydrogen) atoms. The molecule has 2 atom stereocenters. The van der Waals surface area contributed by atoms with Crippen molar-refractivity contribution in [1.29, 1.82) is 0 Å². The van der Waals surface area contributed by atoms with Crippen LogP contribution in [0.2, 0.25) is 0 Å². The second-order valence-corrected chi connectivity index (χ2v) is 6.44. The molecule has 2 unspecified atom stereocenters. The maximum absolute atomic E-state index is 12.3. The first-order chi connectivity index (χ1) is 9.97. The highest BCUT2D eigenvalue weighted by Crippen LogP contribution is 2.32. The third-order valence-electron chi connectivity index (χ3n) is 4.67. The Labute approximate surface area is 128 Å². The summed E-state index contributed by atoms with van der Waals surface area (Å²) in [7, 11) is 0. The Bertz CT molecular complexity index is 469. The van der Waals surface area contributed by atoms with Crippen LogP contribution in [0.1, 0.15) is 47.0 Å². The van der Waals surface area contributed by atoms with Crippen LogP contribution in [-0.4, -0.2) is 34.9 Å². The van der Waals surface area contributed by atoms with E-state index in [0.717, 1.165) is 25.1 Å². The quantitative estimate of drug-likeness (QED) is 0.800. The molecule has 1 heterocycles. The van der Waals surface area contributed by atoms with Gasteiger partial charge in [0.05, 0.1) is 6.04 Å². The zero-order valence-electron chi connectivity index (χ0n) is 13.6. The van der Waals surface area contributed by atoms with E-state index in [1.54, 1.807) is 0 Å². The maximum atomic E-state index is 12.3. The Kier molecular flexibility index (Phi) is 5.04. The van der Waals surface area contributed by atoms with E-state index < -0.39 is 0 Å². The summed E-state index contributed by atoms with van der Waals surface area (Å²) in [6.07, 6.45) is 2.52. The highest BCUT2D eigenvalue weighted by Gasteiger charge is 2.43. The minimum absolute atomic E-state index is 0.00124. The summed E-state index contributed by atoms with van der Waals surface area (Å²) in [4.78, 5) is 14.6. The summed E-state index contributed by atoms with van der Waals surface area (Å²) in [5.74, 6) is 1.22. The Morgan fingerprint density at radius 2 is 1.95 bits per heavy atom. The van der Waals surface area contributed by atoms with Crippen molar-refractivity contribution >= 4 is 5.78 Å². The number of ketones is 1. The number of ether oxygens (including phenoxy) is 1. The molecule has 1 saturated heterocycles. The van der Waals surface area contributed by atoms with E-state index in [9.17, 15) is 4.79 Å². The molecule has 0 radical (unpaired) electrons. The summed E-state index contributed by atoms with van der Waals surface area (Å²) in [5, 5.41) is 0. The Morgan fingerprint density at radius 1 is 1.29 bits per heavy atom. The largest absolute Gasteiger partial charge is 0.489 e. The van der Waals surface area contributed by atoms with Crippen molar-refractivity contribution in [2.24, 2.45) is 0 Å². The topological polar surface area (TPSA) is 29.5 Å². The summed E-state index contributed by atoms with van der Waals surface area (Å²) in [6, 6.07) is 9.89. The van der Waals surface area contributed by atoms with Gasteiger partial charge in [-0.1, -0.05) is 32.0 Å². The summed E-state index contributed by atoms with van der Waals surface area (Å²) >= 11 is 0. The Morgan fingerprint density at radius 3 is 2.52 bits per heavy atom. The van der Waals surface area contributed by atoms with Crippen LogP contribution in [0.5, 0.6) is 5.75 Å². The van der Waals surface area contributed by atoms with Crippen molar-refractivity contribution in [2.75, 3.05) is 6.54 Å². The zero-order valence-corrected chi connectivity index (χ0v) is 13.6. The fourth-order valence-corrected chi connectivity index (χ4v) is 2.99. The summed E-state index contributed by atoms with van der Waals surface area (Å²) in [6.45, 7) is 9.39. The standard InChI is InChI=1S/C18H27NO2/c1-5-17(20)16-12-15(13-19(16)18(3,4)6-2)21-14-10-8-7-9-11-14/h7-11,15-16H,5-6,12-13H2,1-4H3. The molecule has 1 aromatic carbocycles. The Balaban J connectivity index is 2.12. The van der Waals surface area contributed by atoms with Gasteiger partial charge < -0.3 is 4.74 Å². The van der Waals surface area contributed by atoms with Crippen LogP contribution in [-0.2, 0) is 4.79 Å². The van der Waals surface area contributed by atoms with Gasteiger partial charge in [-0.2, -0.15) is 0 Å². The minimum Gasteiger partial charge on any atom is -0.489 e. The van der Waals surface area contributed by atoms with Crippen LogP contribution in [0.4, 0.5) is 0 Å². The number of likely N-dealkylation sites (tertiary alicyclic amines) is 1. The monoisotopic (exact) mass is 289 g/mol. The third-order valence-corrected chi connectivity index (χ3v) is 4.67. The molecule has 3 heteroatoms. The molecular formula is C18H27NO2. The lowest BCUT2D eigenvalue weighted by molar-refractivity contribution is -0.124. The van der Waals surface area contributed by atoms with Crippen molar-refractivity contribution in [3.63, 3.8) is 0 Å². The van der Waals surface area contributed by atoms with E-state index in [2.05, 4.69) is 25.7 Å². The number of hydrogen-bond acceptors (Lipinski definition) is 3. The van der Waals surface area contributed by atoms with E-state index in [0.29, 0.717) is 12.2 Å². The molecule has 0 bridgehead atoms. The van der Waals surface area contributed by atoms with Crippen molar-refractivity contribution in [1.82, 2.24) is 4.90 Å². The van der Waals surface area contributed by atoms with Crippen LogP contribution >= 0.6 is 0 Å². The SMILES string of the molecule is CCC(=O)C1CC(Oc2ccccc2)CN1C(C)(C)CC. The molecule has 0 aliphatic carbocycles. The fraction of sp³-hybridized carbons (Fsp3) is 0.611. The van der Waals surface area contributed by atoms with Crippen molar-refractivity contribution in [3.8, 4) is 5.75 Å². The first-order valence-corrected chi connectivity index (χ1v) is 7.99. The number of hydrogen-bond donors (Lipinski definition) is 0. The molecule has 1 aliphatic rings. The molecular weight excluding hydrogens is 262 g/mol. The number of carbonyl (C=O) groups is 1. The average Bonchev–Trinajstić information content (AvgIpc) is 2.92. The molecule has 3 nitrogen and oxygen atoms in total. The van der Waals surface area contributed by atoms with E-state index in [4.69, 9.17) is 4.74 Å². The molecule has 0 amide bonds. The van der Waals surface area contributed by atoms with Crippen molar-refractivity contribution in [2.45, 2.75) is 64.6 Å². The van der Waals surface area contributed by atoms with Gasteiger partial charge in [-0.25, -0.2) is 0 Å². The molecule has 0 saturated carbocycles. The maximum Gasteiger partial charge on any atom is 0.149 e. The molecule has 1 aliphatic heterocycles. The van der Waals surface area contributed by atoms with Crippen LogP contribution in [0.3, 0.4) is 0 Å². The van der Waals surface area contributed by atoms with Gasteiger partial charge in [0.2, 0.25) is 0 Å². The zero-order chi connectivity index (χ0) is 15.5. The molecule has 0 spiro atoms. The second-order valence-electron chi connectivity index (χ2n) is 6.44. The highest BCUT2D eigenvalue weighted by molar-refractivity contribution is 5.84. The van der Waals surface area contributed by atoms with Crippen LogP contribution in [0.25, 0.3) is 0 Å². The second kappa shape index (κ2) is 6.61. The van der Waals surface area contributed by atoms with Gasteiger partial charge in [0, 0.05) is 24.9 Å². The van der Waals surface area contributed by atoms with Gasteiger partial charge in [-0.15, -0.1) is 0 Å². The van der Waals surface area contributed by atoms with Gasteiger partial charge in [-0.05, 0) is 32.4 Å². The van der Waals surface area contributed by atoms with Crippen molar-refractivity contribution in [3.05, 3.63) is 30.3 Å². The van der Waals surface area contributed by atoms with Crippen molar-refractivity contribution < 1.29 is 9.53 Å². The van der Waals surface area contributed by atoms with E-state index >= 15 is 0 Å². The predicted molar refractivity (Wildman–Crippen MR) is 85.6 cm³/mol. The number of para-hydroxylation sites is 1. The number of benzene rings is 1.